The lowest BCUT2D eigenvalue weighted by molar-refractivity contribution is -0.243. The number of Topliss-reactive ketones (excluding diaryl/α,β-unsaturated/α-hetero) is 1. The molecule has 1 fully saturated rings. The predicted octanol–water partition coefficient (Wildman–Crippen LogP) is 4.51. The molecule has 0 aromatic heterocycles. The zero-order valence-corrected chi connectivity index (χ0v) is 25.1. The summed E-state index contributed by atoms with van der Waals surface area (Å²) in [7, 11) is -5.00. The number of fused-ring (bicyclic) bond motifs is 1. The lowest BCUT2D eigenvalue weighted by Gasteiger charge is -2.34. The van der Waals surface area contributed by atoms with Crippen molar-refractivity contribution in [3.63, 3.8) is 0 Å². The number of carbonyl (C=O) groups is 3. The average molecular weight is 667 g/mol. The minimum atomic E-state index is -5.00. The molecule has 17 heteroatoms. The highest BCUT2D eigenvalue weighted by atomic mass is 35.5. The number of esters is 1. The minimum Gasteiger partial charge on any atom is -0.462 e. The smallest absolute Gasteiger partial charge is 0.459 e. The van der Waals surface area contributed by atoms with Crippen molar-refractivity contribution >= 4 is 47.8 Å². The zero-order valence-electron chi connectivity index (χ0n) is 23.4. The molecule has 0 radical (unpaired) electrons. The topological polar surface area (TPSA) is 141 Å². The maximum absolute atomic E-state index is 15.5. The van der Waals surface area contributed by atoms with E-state index in [1.165, 1.54) is 32.9 Å². The summed E-state index contributed by atoms with van der Waals surface area (Å²) in [6, 6.07) is 9.77. The van der Waals surface area contributed by atoms with Gasteiger partial charge < -0.3 is 19.1 Å². The SMILES string of the molecule is CC(C)OC(=O)[C@H](C)NP(=O)(OC[C@@]1(C(F)F)O[C@@H](N2C=C(Cl)C(=O)CC2=O)[C@H](O)C1(F)F)Oc1ccc2ccccc2c1. The Hall–Kier alpha value is -3.07. The Kier molecular flexibility index (Phi) is 9.79. The Morgan fingerprint density at radius 3 is 2.48 bits per heavy atom. The van der Waals surface area contributed by atoms with Crippen molar-refractivity contribution in [1.29, 1.82) is 0 Å². The number of nitrogens with zero attached hydrogens (tertiary/aromatic N) is 1. The maximum atomic E-state index is 15.5. The van der Waals surface area contributed by atoms with Gasteiger partial charge in [-0.3, -0.25) is 23.8 Å². The number of carbonyl (C=O) groups excluding carboxylic acids is 3. The lowest BCUT2D eigenvalue weighted by atomic mass is 9.95. The van der Waals surface area contributed by atoms with Crippen LogP contribution in [0.2, 0.25) is 0 Å². The highest BCUT2D eigenvalue weighted by molar-refractivity contribution is 7.52. The van der Waals surface area contributed by atoms with Gasteiger partial charge in [0.1, 0.15) is 16.8 Å². The molecule has 0 bridgehead atoms. The second-order valence-electron chi connectivity index (χ2n) is 10.4. The third kappa shape index (κ3) is 6.63. The van der Waals surface area contributed by atoms with E-state index in [9.17, 15) is 32.8 Å². The molecule has 240 valence electrons. The van der Waals surface area contributed by atoms with E-state index < -0.39 is 85.9 Å². The van der Waals surface area contributed by atoms with Gasteiger partial charge in [-0.25, -0.2) is 13.3 Å². The van der Waals surface area contributed by atoms with Crippen LogP contribution in [0.15, 0.2) is 53.7 Å². The van der Waals surface area contributed by atoms with Crippen molar-refractivity contribution in [2.75, 3.05) is 6.61 Å². The number of benzene rings is 2. The van der Waals surface area contributed by atoms with Crippen LogP contribution in [0.1, 0.15) is 27.2 Å². The number of rotatable bonds is 11. The van der Waals surface area contributed by atoms with Gasteiger partial charge in [0.15, 0.2) is 18.1 Å². The summed E-state index contributed by atoms with van der Waals surface area (Å²) < 4.78 is 94.6. The number of alkyl halides is 4. The Balaban J connectivity index is 1.67. The van der Waals surface area contributed by atoms with Gasteiger partial charge in [0.25, 0.3) is 6.43 Å². The van der Waals surface area contributed by atoms with Crippen molar-refractivity contribution in [3.05, 3.63) is 53.7 Å². The van der Waals surface area contributed by atoms with Gasteiger partial charge in [-0.05, 0) is 43.7 Å². The molecule has 0 saturated carbocycles. The highest BCUT2D eigenvalue weighted by Gasteiger charge is 2.74. The molecule has 2 aliphatic heterocycles. The van der Waals surface area contributed by atoms with E-state index in [0.717, 1.165) is 5.39 Å². The summed E-state index contributed by atoms with van der Waals surface area (Å²) in [4.78, 5) is 36.8. The predicted molar refractivity (Wildman–Crippen MR) is 147 cm³/mol. The second kappa shape index (κ2) is 12.7. The van der Waals surface area contributed by atoms with Crippen LogP contribution in [0.4, 0.5) is 17.6 Å². The van der Waals surface area contributed by atoms with Crippen molar-refractivity contribution in [3.8, 4) is 5.75 Å². The molecular formula is C27H28ClF4N2O9P. The highest BCUT2D eigenvalue weighted by Crippen LogP contribution is 2.53. The van der Waals surface area contributed by atoms with Crippen molar-refractivity contribution < 1.29 is 60.1 Å². The molecule has 1 amide bonds. The van der Waals surface area contributed by atoms with Crippen LogP contribution in [0, 0.1) is 0 Å². The van der Waals surface area contributed by atoms with Gasteiger partial charge in [0, 0.05) is 6.20 Å². The van der Waals surface area contributed by atoms with Crippen LogP contribution < -0.4 is 9.61 Å². The number of hydrogen-bond donors (Lipinski definition) is 2. The molecule has 5 atom stereocenters. The summed E-state index contributed by atoms with van der Waals surface area (Å²) in [5, 5.41) is 13.4. The van der Waals surface area contributed by atoms with Crippen LogP contribution >= 0.6 is 19.3 Å². The number of allylic oxidation sites excluding steroid dienone is 1. The number of amides is 1. The van der Waals surface area contributed by atoms with Crippen molar-refractivity contribution in [2.45, 2.75) is 69.6 Å². The van der Waals surface area contributed by atoms with E-state index >= 15 is 8.78 Å². The monoisotopic (exact) mass is 666 g/mol. The normalized spacial score (nSPS) is 25.7. The molecule has 44 heavy (non-hydrogen) atoms. The fraction of sp³-hybridized carbons (Fsp3) is 0.444. The van der Waals surface area contributed by atoms with Crippen molar-refractivity contribution in [2.24, 2.45) is 0 Å². The van der Waals surface area contributed by atoms with Crippen LogP contribution in [-0.2, 0) is 32.9 Å². The fourth-order valence-corrected chi connectivity index (χ4v) is 6.12. The number of aliphatic hydroxyl groups is 1. The number of halogens is 5. The van der Waals surface area contributed by atoms with E-state index in [4.69, 9.17) is 30.1 Å². The summed E-state index contributed by atoms with van der Waals surface area (Å²) in [6.45, 7) is 2.39. The average Bonchev–Trinajstić information content (AvgIpc) is 3.14. The fourth-order valence-electron chi connectivity index (χ4n) is 4.44. The van der Waals surface area contributed by atoms with E-state index in [0.29, 0.717) is 16.5 Å². The first-order chi connectivity index (χ1) is 20.5. The number of nitrogens with one attached hydrogen (secondary N) is 1. The van der Waals surface area contributed by atoms with Gasteiger partial charge in [0.05, 0.1) is 19.1 Å². The summed E-state index contributed by atoms with van der Waals surface area (Å²) in [6.07, 6.45) is -10.5. The molecule has 2 aliphatic rings. The van der Waals surface area contributed by atoms with E-state index in [-0.39, 0.29) is 5.75 Å². The van der Waals surface area contributed by atoms with E-state index in [1.54, 1.807) is 30.3 Å². The Bertz CT molecular complexity index is 1530. The molecule has 11 nitrogen and oxygen atoms in total. The molecule has 1 unspecified atom stereocenters. The molecular weight excluding hydrogens is 639 g/mol. The first-order valence-corrected chi connectivity index (χ1v) is 15.1. The van der Waals surface area contributed by atoms with Gasteiger partial charge in [-0.2, -0.15) is 13.9 Å². The third-order valence-corrected chi connectivity index (χ3v) is 8.67. The van der Waals surface area contributed by atoms with Crippen molar-refractivity contribution in [1.82, 2.24) is 9.99 Å². The maximum Gasteiger partial charge on any atom is 0.459 e. The molecule has 2 aromatic carbocycles. The number of ether oxygens (including phenoxy) is 2. The van der Waals surface area contributed by atoms with Crippen LogP contribution in [0.5, 0.6) is 5.75 Å². The minimum absolute atomic E-state index is 0.143. The molecule has 2 N–H and O–H groups in total. The zero-order chi connectivity index (χ0) is 32.6. The van der Waals surface area contributed by atoms with Gasteiger partial charge in [0.2, 0.25) is 11.5 Å². The number of hydrogen-bond acceptors (Lipinski definition) is 9. The van der Waals surface area contributed by atoms with Crippen LogP contribution in [0.3, 0.4) is 0 Å². The van der Waals surface area contributed by atoms with Gasteiger partial charge >= 0.3 is 19.6 Å². The van der Waals surface area contributed by atoms with Gasteiger partial charge in [-0.15, -0.1) is 0 Å². The number of ketones is 1. The second-order valence-corrected chi connectivity index (χ2v) is 12.5. The van der Waals surface area contributed by atoms with E-state index in [2.05, 4.69) is 5.09 Å². The Morgan fingerprint density at radius 1 is 1.18 bits per heavy atom. The van der Waals surface area contributed by atoms with Crippen LogP contribution in [0.25, 0.3) is 10.8 Å². The molecule has 0 spiro atoms. The standard InChI is InChI=1S/C27H28ClF4N2O9P/c1-14(2)41-24(38)15(3)33-44(39,43-18-9-8-16-6-4-5-7-17(16)10-18)40-13-26(25(29)30)27(31,32)22(37)23(42-26)34-12-19(28)20(35)11-21(34)36/h4-10,12,14-15,22-23,25,37H,11,13H2,1-3H3,(H,33,39)/t15-,22-,23+,26-,44?/m0/s1. The Labute approximate surface area is 253 Å². The first-order valence-electron chi connectivity index (χ1n) is 13.1. The Morgan fingerprint density at radius 2 is 1.84 bits per heavy atom. The molecule has 4 rings (SSSR count). The van der Waals surface area contributed by atoms with E-state index in [1.807, 2.05) is 0 Å². The van der Waals surface area contributed by atoms with Crippen LogP contribution in [-0.4, -0.2) is 76.7 Å². The summed E-state index contributed by atoms with van der Waals surface area (Å²) in [5.74, 6) is -7.94. The third-order valence-electron chi connectivity index (χ3n) is 6.73. The largest absolute Gasteiger partial charge is 0.462 e. The quantitative estimate of drug-likeness (QED) is 0.152. The lowest BCUT2D eigenvalue weighted by Crippen LogP contribution is -2.57. The number of aliphatic hydroxyl groups excluding tert-OH is 1. The molecule has 2 heterocycles. The molecule has 0 aliphatic carbocycles. The first kappa shape index (κ1) is 33.8. The molecule has 1 saturated heterocycles. The summed E-state index contributed by atoms with van der Waals surface area (Å²) in [5.41, 5.74) is -4.00. The summed E-state index contributed by atoms with van der Waals surface area (Å²) >= 11 is 5.72. The van der Waals surface area contributed by atoms with Gasteiger partial charge in [-0.1, -0.05) is 41.9 Å². The molecule has 2 aromatic rings.